The molecule has 0 spiro atoms. The number of hydrogen-bond acceptors (Lipinski definition) is 5. The predicted octanol–water partition coefficient (Wildman–Crippen LogP) is 0.842. The molecule has 1 aromatic heterocycles. The van der Waals surface area contributed by atoms with Crippen molar-refractivity contribution < 1.29 is 9.84 Å². The van der Waals surface area contributed by atoms with Gasteiger partial charge in [0.1, 0.15) is 18.8 Å². The van der Waals surface area contributed by atoms with E-state index in [0.29, 0.717) is 5.88 Å². The maximum Gasteiger partial charge on any atom is 0.221 e. The van der Waals surface area contributed by atoms with Crippen molar-refractivity contribution in [1.29, 1.82) is 0 Å². The molecular formula is C10H17N3O2. The van der Waals surface area contributed by atoms with Gasteiger partial charge in [0.05, 0.1) is 12.2 Å². The first-order valence-corrected chi connectivity index (χ1v) is 5.08. The topological polar surface area (TPSA) is 67.3 Å². The summed E-state index contributed by atoms with van der Waals surface area (Å²) < 4.78 is 5.34. The minimum atomic E-state index is -0.00947. The molecule has 0 saturated carbocycles. The maximum absolute atomic E-state index is 8.69. The second kappa shape index (κ2) is 6.19. The van der Waals surface area contributed by atoms with Crippen LogP contribution in [0.15, 0.2) is 6.33 Å². The normalized spacial score (nSPS) is 10.1. The van der Waals surface area contributed by atoms with Crippen molar-refractivity contribution in [2.75, 3.05) is 25.6 Å². The average molecular weight is 211 g/mol. The third kappa shape index (κ3) is 3.06. The lowest BCUT2D eigenvalue weighted by atomic mass is 10.2. The summed E-state index contributed by atoms with van der Waals surface area (Å²) >= 11 is 0. The summed E-state index contributed by atoms with van der Waals surface area (Å²) in [4.78, 5) is 8.18. The van der Waals surface area contributed by atoms with Crippen LogP contribution < -0.4 is 10.1 Å². The summed E-state index contributed by atoms with van der Waals surface area (Å²) in [7, 11) is 1.82. The highest BCUT2D eigenvalue weighted by Gasteiger charge is 2.10. The van der Waals surface area contributed by atoms with Crippen LogP contribution in [-0.2, 0) is 6.42 Å². The first kappa shape index (κ1) is 11.7. The number of aliphatic hydroxyl groups is 1. The van der Waals surface area contributed by atoms with Crippen LogP contribution in [0.3, 0.4) is 0 Å². The van der Waals surface area contributed by atoms with Gasteiger partial charge in [-0.1, -0.05) is 13.3 Å². The third-order valence-corrected chi connectivity index (χ3v) is 1.97. The van der Waals surface area contributed by atoms with Crippen LogP contribution in [0.2, 0.25) is 0 Å². The van der Waals surface area contributed by atoms with Crippen LogP contribution in [-0.4, -0.2) is 35.3 Å². The van der Waals surface area contributed by atoms with Crippen LogP contribution >= 0.6 is 0 Å². The zero-order valence-corrected chi connectivity index (χ0v) is 9.16. The van der Waals surface area contributed by atoms with Crippen molar-refractivity contribution in [3.8, 4) is 5.88 Å². The zero-order valence-electron chi connectivity index (χ0n) is 9.16. The van der Waals surface area contributed by atoms with Gasteiger partial charge in [-0.15, -0.1) is 0 Å². The van der Waals surface area contributed by atoms with Gasteiger partial charge in [0, 0.05) is 7.05 Å². The van der Waals surface area contributed by atoms with Crippen molar-refractivity contribution in [3.63, 3.8) is 0 Å². The third-order valence-electron chi connectivity index (χ3n) is 1.97. The highest BCUT2D eigenvalue weighted by atomic mass is 16.5. The lowest BCUT2D eigenvalue weighted by molar-refractivity contribution is 0.195. The van der Waals surface area contributed by atoms with Crippen molar-refractivity contribution in [2.45, 2.75) is 19.8 Å². The van der Waals surface area contributed by atoms with Crippen LogP contribution in [0.5, 0.6) is 5.88 Å². The SMILES string of the molecule is CCCc1c(NC)ncnc1OCCO. The van der Waals surface area contributed by atoms with Crippen molar-refractivity contribution in [2.24, 2.45) is 0 Å². The Bertz CT molecular complexity index is 305. The molecule has 0 aromatic carbocycles. The summed E-state index contributed by atoms with van der Waals surface area (Å²) in [6.45, 7) is 2.34. The van der Waals surface area contributed by atoms with E-state index < -0.39 is 0 Å². The molecule has 0 amide bonds. The van der Waals surface area contributed by atoms with E-state index in [4.69, 9.17) is 9.84 Å². The van der Waals surface area contributed by atoms with Gasteiger partial charge in [-0.2, -0.15) is 0 Å². The van der Waals surface area contributed by atoms with Gasteiger partial charge in [-0.3, -0.25) is 0 Å². The van der Waals surface area contributed by atoms with Gasteiger partial charge in [-0.05, 0) is 6.42 Å². The molecule has 15 heavy (non-hydrogen) atoms. The second-order valence-electron chi connectivity index (χ2n) is 3.08. The Kier molecular flexibility index (Phi) is 4.83. The Labute approximate surface area is 89.5 Å². The molecule has 2 N–H and O–H groups in total. The molecule has 0 bridgehead atoms. The van der Waals surface area contributed by atoms with Gasteiger partial charge >= 0.3 is 0 Å². The smallest absolute Gasteiger partial charge is 0.221 e. The monoisotopic (exact) mass is 211 g/mol. The fourth-order valence-corrected chi connectivity index (χ4v) is 1.35. The number of hydrogen-bond donors (Lipinski definition) is 2. The number of aromatic nitrogens is 2. The van der Waals surface area contributed by atoms with Crippen molar-refractivity contribution in [3.05, 3.63) is 11.9 Å². The van der Waals surface area contributed by atoms with Crippen LogP contribution in [0.4, 0.5) is 5.82 Å². The van der Waals surface area contributed by atoms with Crippen molar-refractivity contribution in [1.82, 2.24) is 9.97 Å². The van der Waals surface area contributed by atoms with Crippen LogP contribution in [0, 0.1) is 0 Å². The van der Waals surface area contributed by atoms with E-state index in [1.807, 2.05) is 7.05 Å². The molecule has 1 heterocycles. The first-order valence-electron chi connectivity index (χ1n) is 5.08. The van der Waals surface area contributed by atoms with Crippen LogP contribution in [0.1, 0.15) is 18.9 Å². The molecule has 0 aliphatic carbocycles. The number of rotatable bonds is 6. The summed E-state index contributed by atoms with van der Waals surface area (Å²) in [6.07, 6.45) is 3.31. The molecule has 0 saturated heterocycles. The largest absolute Gasteiger partial charge is 0.475 e. The fraction of sp³-hybridized carbons (Fsp3) is 0.600. The minimum absolute atomic E-state index is 0.00947. The predicted molar refractivity (Wildman–Crippen MR) is 58.2 cm³/mol. The summed E-state index contributed by atoms with van der Waals surface area (Å²) in [5.41, 5.74) is 0.968. The molecule has 0 atom stereocenters. The minimum Gasteiger partial charge on any atom is -0.475 e. The molecule has 0 radical (unpaired) electrons. The second-order valence-corrected chi connectivity index (χ2v) is 3.08. The zero-order chi connectivity index (χ0) is 11.1. The molecule has 5 heteroatoms. The van der Waals surface area contributed by atoms with E-state index in [-0.39, 0.29) is 13.2 Å². The Morgan fingerprint density at radius 1 is 1.47 bits per heavy atom. The number of nitrogens with zero attached hydrogens (tertiary/aromatic N) is 2. The first-order chi connectivity index (χ1) is 7.33. The van der Waals surface area contributed by atoms with E-state index in [9.17, 15) is 0 Å². The summed E-state index contributed by atoms with van der Waals surface area (Å²) in [5.74, 6) is 1.35. The van der Waals surface area contributed by atoms with Crippen LogP contribution in [0.25, 0.3) is 0 Å². The Morgan fingerprint density at radius 2 is 2.27 bits per heavy atom. The van der Waals surface area contributed by atoms with E-state index >= 15 is 0 Å². The number of anilines is 1. The molecule has 0 aliphatic rings. The van der Waals surface area contributed by atoms with E-state index in [0.717, 1.165) is 24.2 Å². The molecule has 84 valence electrons. The Hall–Kier alpha value is -1.36. The highest BCUT2D eigenvalue weighted by Crippen LogP contribution is 2.22. The summed E-state index contributed by atoms with van der Waals surface area (Å²) in [5, 5.41) is 11.7. The van der Waals surface area contributed by atoms with Crippen molar-refractivity contribution >= 4 is 5.82 Å². The molecule has 0 unspecified atom stereocenters. The molecule has 1 aromatic rings. The Balaban J connectivity index is 2.90. The lowest BCUT2D eigenvalue weighted by Gasteiger charge is -2.11. The Morgan fingerprint density at radius 3 is 2.87 bits per heavy atom. The van der Waals surface area contributed by atoms with E-state index in [1.165, 1.54) is 6.33 Å². The van der Waals surface area contributed by atoms with Gasteiger partial charge in [-0.25, -0.2) is 9.97 Å². The quantitative estimate of drug-likeness (QED) is 0.730. The number of ether oxygens (including phenoxy) is 1. The summed E-state index contributed by atoms with van der Waals surface area (Å²) in [6, 6.07) is 0. The average Bonchev–Trinajstić information content (AvgIpc) is 2.28. The fourth-order valence-electron chi connectivity index (χ4n) is 1.35. The number of nitrogens with one attached hydrogen (secondary N) is 1. The van der Waals surface area contributed by atoms with E-state index in [2.05, 4.69) is 22.2 Å². The van der Waals surface area contributed by atoms with Gasteiger partial charge in [0.2, 0.25) is 5.88 Å². The maximum atomic E-state index is 8.69. The molecule has 0 aliphatic heterocycles. The molecule has 0 fully saturated rings. The molecule has 5 nitrogen and oxygen atoms in total. The highest BCUT2D eigenvalue weighted by molar-refractivity contribution is 5.48. The molecular weight excluding hydrogens is 194 g/mol. The number of aliphatic hydroxyl groups excluding tert-OH is 1. The lowest BCUT2D eigenvalue weighted by Crippen LogP contribution is -2.08. The van der Waals surface area contributed by atoms with Gasteiger partial charge in [0.15, 0.2) is 0 Å². The van der Waals surface area contributed by atoms with Gasteiger partial charge < -0.3 is 15.2 Å². The molecule has 1 rings (SSSR count). The standard InChI is InChI=1S/C10H17N3O2/c1-3-4-8-9(11-2)12-7-13-10(8)15-6-5-14/h7,14H,3-6H2,1-2H3,(H,11,12,13). The van der Waals surface area contributed by atoms with Gasteiger partial charge in [0.25, 0.3) is 0 Å². The van der Waals surface area contributed by atoms with E-state index in [1.54, 1.807) is 0 Å².